The van der Waals surface area contributed by atoms with E-state index in [1.807, 2.05) is 68.4 Å². The third kappa shape index (κ3) is 5.16. The molecule has 0 saturated heterocycles. The molecule has 0 bridgehead atoms. The van der Waals surface area contributed by atoms with Crippen LogP contribution in [-0.4, -0.2) is 5.78 Å². The molecule has 0 amide bonds. The molecule has 0 aromatic heterocycles. The molecule has 3 heteroatoms. The number of benzene rings is 2. The van der Waals surface area contributed by atoms with Crippen molar-refractivity contribution in [3.05, 3.63) is 60.2 Å². The normalized spacial score (nSPS) is 12.8. The zero-order chi connectivity index (χ0) is 18.3. The average molecular weight is 356 g/mol. The maximum Gasteiger partial charge on any atom is 0.169 e. The van der Waals surface area contributed by atoms with E-state index < -0.39 is 13.2 Å². The summed E-state index contributed by atoms with van der Waals surface area (Å²) in [6.07, 6.45) is 5.49. The summed E-state index contributed by atoms with van der Waals surface area (Å²) in [6, 6.07) is 16.8. The summed E-state index contributed by atoms with van der Waals surface area (Å²) in [5, 5.41) is 1.49. The van der Waals surface area contributed by atoms with Crippen LogP contribution in [0.5, 0.6) is 0 Å². The van der Waals surface area contributed by atoms with Crippen LogP contribution in [0.3, 0.4) is 0 Å². The van der Waals surface area contributed by atoms with Crippen LogP contribution in [0.4, 0.5) is 0 Å². The van der Waals surface area contributed by atoms with Crippen molar-refractivity contribution < 1.29 is 9.36 Å². The molecule has 2 aromatic rings. The van der Waals surface area contributed by atoms with Crippen molar-refractivity contribution in [1.82, 2.24) is 0 Å². The molecule has 2 aromatic carbocycles. The van der Waals surface area contributed by atoms with Crippen LogP contribution < -0.4 is 10.6 Å². The Balaban J connectivity index is 2.24. The van der Waals surface area contributed by atoms with E-state index in [4.69, 9.17) is 0 Å². The van der Waals surface area contributed by atoms with E-state index in [2.05, 4.69) is 6.92 Å². The fraction of sp³-hybridized carbons (Fsp3) is 0.409. The highest BCUT2D eigenvalue weighted by molar-refractivity contribution is 7.61. The molecule has 1 unspecified atom stereocenters. The predicted molar refractivity (Wildman–Crippen MR) is 108 cm³/mol. The van der Waals surface area contributed by atoms with Gasteiger partial charge in [-0.2, -0.15) is 0 Å². The molecule has 134 valence electrons. The number of carbonyl (C=O) groups excluding carboxylic acids is 1. The van der Waals surface area contributed by atoms with Gasteiger partial charge < -0.3 is 4.57 Å². The molecule has 0 radical (unpaired) electrons. The van der Waals surface area contributed by atoms with Gasteiger partial charge >= 0.3 is 0 Å². The first kappa shape index (κ1) is 19.7. The largest absolute Gasteiger partial charge is 0.317 e. The highest BCUT2D eigenvalue weighted by Crippen LogP contribution is 2.31. The minimum absolute atomic E-state index is 0.105. The molecular weight excluding hydrogens is 327 g/mol. The average Bonchev–Trinajstić information content (AvgIpc) is 2.65. The Morgan fingerprint density at radius 2 is 1.56 bits per heavy atom. The highest BCUT2D eigenvalue weighted by atomic mass is 31.1. The second-order valence-corrected chi connectivity index (χ2v) is 9.04. The van der Waals surface area contributed by atoms with Gasteiger partial charge in [0.05, 0.1) is 0 Å². The summed E-state index contributed by atoms with van der Waals surface area (Å²) in [5.41, 5.74) is 0.193. The van der Waals surface area contributed by atoms with Crippen LogP contribution >= 0.6 is 7.80 Å². The van der Waals surface area contributed by atoms with Gasteiger partial charge in [-0.3, -0.25) is 4.79 Å². The van der Waals surface area contributed by atoms with Crippen molar-refractivity contribution in [3.63, 3.8) is 0 Å². The van der Waals surface area contributed by atoms with E-state index in [0.29, 0.717) is 10.9 Å². The first-order chi connectivity index (χ1) is 12.0. The Morgan fingerprint density at radius 3 is 2.24 bits per heavy atom. The van der Waals surface area contributed by atoms with E-state index in [1.165, 1.54) is 12.8 Å². The lowest BCUT2D eigenvalue weighted by Gasteiger charge is -2.24. The van der Waals surface area contributed by atoms with E-state index in [-0.39, 0.29) is 5.78 Å². The van der Waals surface area contributed by atoms with Gasteiger partial charge in [0, 0.05) is 21.6 Å². The molecule has 0 fully saturated rings. The quantitative estimate of drug-likeness (QED) is 0.343. The monoisotopic (exact) mass is 356 g/mol. The van der Waals surface area contributed by atoms with Crippen molar-refractivity contribution in [2.24, 2.45) is 5.41 Å². The minimum atomic E-state index is -2.18. The molecule has 2 nitrogen and oxygen atoms in total. The van der Waals surface area contributed by atoms with Crippen molar-refractivity contribution >= 4 is 24.2 Å². The maximum absolute atomic E-state index is 13.2. The molecule has 0 saturated carbocycles. The first-order valence-corrected chi connectivity index (χ1v) is 10.6. The third-order valence-corrected chi connectivity index (χ3v) is 6.51. The number of unbranched alkanes of at least 4 members (excludes halogenated alkanes) is 3. The topological polar surface area (TPSA) is 34.1 Å². The zero-order valence-electron chi connectivity index (χ0n) is 15.5. The van der Waals surface area contributed by atoms with Gasteiger partial charge in [-0.05, 0) is 6.42 Å². The lowest BCUT2D eigenvalue weighted by atomic mass is 9.80. The van der Waals surface area contributed by atoms with Crippen LogP contribution in [0.1, 0.15) is 63.2 Å². The van der Waals surface area contributed by atoms with Gasteiger partial charge in [0.25, 0.3) is 0 Å². The fourth-order valence-corrected chi connectivity index (χ4v) is 4.59. The summed E-state index contributed by atoms with van der Waals surface area (Å²) in [5.74, 6) is 0.105. The number of ketones is 1. The summed E-state index contributed by atoms with van der Waals surface area (Å²) in [6.45, 7) is 6.21. The molecule has 0 aliphatic carbocycles. The predicted octanol–water partition coefficient (Wildman–Crippen LogP) is 5.38. The summed E-state index contributed by atoms with van der Waals surface area (Å²) >= 11 is 0. The van der Waals surface area contributed by atoms with Gasteiger partial charge in [-0.1, -0.05) is 101 Å². The summed E-state index contributed by atoms with van der Waals surface area (Å²) in [7, 11) is -2.18. The maximum atomic E-state index is 13.2. The van der Waals surface area contributed by atoms with Crippen LogP contribution in [0, 0.1) is 5.41 Å². The second kappa shape index (κ2) is 9.15. The Labute approximate surface area is 152 Å². The molecule has 1 atom stereocenters. The molecule has 0 aliphatic rings. The molecule has 0 spiro atoms. The molecule has 25 heavy (non-hydrogen) atoms. The highest BCUT2D eigenvalue weighted by Gasteiger charge is 2.30. The Bertz CT molecular complexity index is 720. The molecule has 0 N–H and O–H groups in total. The molecular formula is C22H29O2P. The minimum Gasteiger partial charge on any atom is -0.317 e. The van der Waals surface area contributed by atoms with Gasteiger partial charge in [-0.25, -0.2) is 0 Å². The smallest absolute Gasteiger partial charge is 0.169 e. The van der Waals surface area contributed by atoms with Gasteiger partial charge in [0.1, 0.15) is 7.80 Å². The van der Waals surface area contributed by atoms with Crippen LogP contribution in [0.15, 0.2) is 54.6 Å². The van der Waals surface area contributed by atoms with Crippen molar-refractivity contribution in [1.29, 1.82) is 0 Å². The Kier molecular flexibility index (Phi) is 7.20. The Morgan fingerprint density at radius 1 is 0.920 bits per heavy atom. The standard InChI is InChI=1S/C22H29O2P/c1-4-5-6-12-17-22(2,3)21(23)19-15-10-11-16-20(19)25(24)18-13-8-7-9-14-18/h7-11,13-16,25H,4-6,12,17H2,1-3H3. The SMILES string of the molecule is CCCCCCC(C)(C)C(=O)c1ccccc1[PH](=O)c1ccccc1. The number of carbonyl (C=O) groups is 1. The van der Waals surface area contributed by atoms with Crippen molar-refractivity contribution in [3.8, 4) is 0 Å². The third-order valence-electron chi connectivity index (χ3n) is 4.72. The zero-order valence-corrected chi connectivity index (χ0v) is 16.5. The van der Waals surface area contributed by atoms with Gasteiger partial charge in [0.15, 0.2) is 5.78 Å². The molecule has 2 rings (SSSR count). The summed E-state index contributed by atoms with van der Waals surface area (Å²) < 4.78 is 13.0. The van der Waals surface area contributed by atoms with Gasteiger partial charge in [0.2, 0.25) is 0 Å². The number of hydrogen-bond acceptors (Lipinski definition) is 2. The number of rotatable bonds is 9. The van der Waals surface area contributed by atoms with E-state index in [1.54, 1.807) is 0 Å². The van der Waals surface area contributed by atoms with Crippen LogP contribution in [0.2, 0.25) is 0 Å². The number of Topliss-reactive ketones (excluding diaryl/α,β-unsaturated/α-hetero) is 1. The van der Waals surface area contributed by atoms with E-state index in [0.717, 1.165) is 24.6 Å². The van der Waals surface area contributed by atoms with Crippen molar-refractivity contribution in [2.45, 2.75) is 52.9 Å². The van der Waals surface area contributed by atoms with E-state index in [9.17, 15) is 9.36 Å². The van der Waals surface area contributed by atoms with Crippen molar-refractivity contribution in [2.75, 3.05) is 0 Å². The number of hydrogen-bond donors (Lipinski definition) is 0. The van der Waals surface area contributed by atoms with Gasteiger partial charge in [-0.15, -0.1) is 0 Å². The lowest BCUT2D eigenvalue weighted by molar-refractivity contribution is 0.0824. The van der Waals surface area contributed by atoms with E-state index >= 15 is 0 Å². The summed E-state index contributed by atoms with van der Waals surface area (Å²) in [4.78, 5) is 13.2. The lowest BCUT2D eigenvalue weighted by Crippen LogP contribution is -2.28. The Hall–Kier alpha value is -1.66. The second-order valence-electron chi connectivity index (χ2n) is 7.26. The molecule has 0 heterocycles. The van der Waals surface area contributed by atoms with Crippen LogP contribution in [0.25, 0.3) is 0 Å². The first-order valence-electron chi connectivity index (χ1n) is 9.21. The fourth-order valence-electron chi connectivity index (χ4n) is 3.10. The molecule has 0 aliphatic heterocycles. The van der Waals surface area contributed by atoms with Crippen LogP contribution in [-0.2, 0) is 4.57 Å².